The van der Waals surface area contributed by atoms with Crippen LogP contribution in [0, 0.1) is 0 Å². The van der Waals surface area contributed by atoms with Crippen LogP contribution in [0.2, 0.25) is 0 Å². The van der Waals surface area contributed by atoms with E-state index in [2.05, 4.69) is 16.0 Å². The molecule has 30 nitrogen and oxygen atoms in total. The van der Waals surface area contributed by atoms with E-state index in [-0.39, 0.29) is 0 Å². The second kappa shape index (κ2) is 22.8. The molecular weight excluding hydrogens is 906 g/mol. The van der Waals surface area contributed by atoms with Gasteiger partial charge in [-0.3, -0.25) is 14.4 Å². The van der Waals surface area contributed by atoms with Gasteiger partial charge in [0.1, 0.15) is 85.4 Å². The van der Waals surface area contributed by atoms with Gasteiger partial charge in [0.15, 0.2) is 12.6 Å². The summed E-state index contributed by atoms with van der Waals surface area (Å²) in [6.45, 7) is -1.53. The summed E-state index contributed by atoms with van der Waals surface area (Å²) in [7, 11) is 0. The maximum absolute atomic E-state index is 12.9. The van der Waals surface area contributed by atoms with Crippen molar-refractivity contribution in [1.82, 2.24) is 16.0 Å². The smallest absolute Gasteiger partial charge is 0.364 e. The number of carbonyl (C=O) groups is 5. The van der Waals surface area contributed by atoms with Crippen LogP contribution in [0.4, 0.5) is 0 Å². The normalized spacial score (nSPS) is 41.4. The minimum atomic E-state index is -3.19. The molecule has 3 amide bonds. The van der Waals surface area contributed by atoms with Crippen LogP contribution < -0.4 is 16.0 Å². The molecule has 0 aromatic heterocycles. The molecule has 380 valence electrons. The number of carbonyl (C=O) groups excluding carboxylic acids is 3. The first kappa shape index (κ1) is 55.1. The molecule has 4 aliphatic rings. The van der Waals surface area contributed by atoms with Gasteiger partial charge < -0.3 is 126 Å². The van der Waals surface area contributed by atoms with Crippen molar-refractivity contribution in [2.24, 2.45) is 0 Å². The topological polar surface area (TPSA) is 490 Å². The highest BCUT2D eigenvalue weighted by Crippen LogP contribution is 2.39. The number of aliphatic hydroxyl groups excluding tert-OH is 13. The van der Waals surface area contributed by atoms with Crippen LogP contribution in [0.25, 0.3) is 0 Å². The second-order valence-electron chi connectivity index (χ2n) is 16.2. The molecule has 0 spiro atoms. The van der Waals surface area contributed by atoms with Crippen LogP contribution in [0.15, 0.2) is 0 Å². The zero-order chi connectivity index (χ0) is 49.7. The molecule has 30 heteroatoms. The number of hydrogen-bond acceptors (Lipinski definition) is 25. The lowest BCUT2D eigenvalue weighted by Gasteiger charge is -2.51. The number of aliphatic hydroxyl groups is 13. The van der Waals surface area contributed by atoms with Crippen molar-refractivity contribution in [3.8, 4) is 0 Å². The van der Waals surface area contributed by atoms with Gasteiger partial charge in [-0.1, -0.05) is 0 Å². The summed E-state index contributed by atoms with van der Waals surface area (Å²) in [6.07, 6.45) is -38.0. The first-order chi connectivity index (χ1) is 30.8. The predicted octanol–water partition coefficient (Wildman–Crippen LogP) is -10.9. The van der Waals surface area contributed by atoms with Gasteiger partial charge in [0.05, 0.1) is 50.7 Å². The highest BCUT2D eigenvalue weighted by molar-refractivity contribution is 5.77. The fraction of sp³-hybridized carbons (Fsp3) is 0.861. The third-order valence-electron chi connectivity index (χ3n) is 11.4. The van der Waals surface area contributed by atoms with Gasteiger partial charge in [0.25, 0.3) is 11.6 Å². The van der Waals surface area contributed by atoms with Crippen LogP contribution in [-0.4, -0.2) is 267 Å². The van der Waals surface area contributed by atoms with Crippen molar-refractivity contribution >= 4 is 29.7 Å². The Hall–Kier alpha value is -3.45. The molecule has 0 aliphatic carbocycles. The first-order valence-corrected chi connectivity index (χ1v) is 20.3. The Bertz CT molecular complexity index is 1680. The highest BCUT2D eigenvalue weighted by atomic mass is 16.8. The number of ether oxygens (including phenoxy) is 7. The number of rotatable bonds is 19. The van der Waals surface area contributed by atoms with Gasteiger partial charge in [-0.15, -0.1) is 0 Å². The molecule has 0 radical (unpaired) electrons. The summed E-state index contributed by atoms with van der Waals surface area (Å²) in [4.78, 5) is 61.8. The second-order valence-corrected chi connectivity index (χ2v) is 16.2. The maximum atomic E-state index is 12.9. The number of hydrogen-bond donors (Lipinski definition) is 18. The molecule has 4 heterocycles. The van der Waals surface area contributed by atoms with E-state index in [1.54, 1.807) is 0 Å². The molecular formula is C36H59N3O27. The fourth-order valence-corrected chi connectivity index (χ4v) is 8.04. The number of carboxylic acids is 2. The van der Waals surface area contributed by atoms with Crippen molar-refractivity contribution in [3.05, 3.63) is 0 Å². The summed E-state index contributed by atoms with van der Waals surface area (Å²) >= 11 is 0. The Morgan fingerprint density at radius 2 is 1.06 bits per heavy atom. The van der Waals surface area contributed by atoms with E-state index in [4.69, 9.17) is 33.2 Å². The summed E-state index contributed by atoms with van der Waals surface area (Å²) in [5.41, 5.74) is 0. The van der Waals surface area contributed by atoms with Crippen LogP contribution in [0.3, 0.4) is 0 Å². The average molecular weight is 966 g/mol. The van der Waals surface area contributed by atoms with Gasteiger partial charge in [0.2, 0.25) is 17.7 Å². The summed E-state index contributed by atoms with van der Waals surface area (Å²) in [6, 6.07) is -5.07. The van der Waals surface area contributed by atoms with E-state index in [1.165, 1.54) is 0 Å². The van der Waals surface area contributed by atoms with E-state index in [0.29, 0.717) is 0 Å². The molecule has 22 atom stereocenters. The Morgan fingerprint density at radius 3 is 1.50 bits per heavy atom. The summed E-state index contributed by atoms with van der Waals surface area (Å²) in [5.74, 6) is -12.7. The Balaban J connectivity index is 1.66. The van der Waals surface area contributed by atoms with Gasteiger partial charge in [-0.05, 0) is 0 Å². The van der Waals surface area contributed by atoms with E-state index >= 15 is 0 Å². The summed E-state index contributed by atoms with van der Waals surface area (Å²) < 4.78 is 39.1. The van der Waals surface area contributed by atoms with Crippen LogP contribution in [0.1, 0.15) is 33.6 Å². The molecule has 4 rings (SSSR count). The summed E-state index contributed by atoms with van der Waals surface area (Å²) in [5, 5.41) is 166. The highest BCUT2D eigenvalue weighted by Gasteiger charge is 2.61. The third-order valence-corrected chi connectivity index (χ3v) is 11.4. The van der Waals surface area contributed by atoms with Crippen LogP contribution >= 0.6 is 0 Å². The molecule has 18 N–H and O–H groups in total. The molecule has 4 saturated heterocycles. The van der Waals surface area contributed by atoms with Gasteiger partial charge in [0, 0.05) is 33.6 Å². The molecule has 4 aliphatic heterocycles. The quantitative estimate of drug-likeness (QED) is 0.0571. The lowest BCUT2D eigenvalue weighted by Crippen LogP contribution is -2.71. The number of aliphatic carboxylic acids is 2. The molecule has 0 bridgehead atoms. The zero-order valence-electron chi connectivity index (χ0n) is 35.4. The molecule has 0 aromatic carbocycles. The largest absolute Gasteiger partial charge is 0.477 e. The molecule has 0 aromatic rings. The van der Waals surface area contributed by atoms with E-state index in [0.717, 1.165) is 20.8 Å². The number of carboxylic acid groups (broad SMARTS) is 2. The van der Waals surface area contributed by atoms with Gasteiger partial charge >= 0.3 is 11.9 Å². The Kier molecular flexibility index (Phi) is 19.0. The van der Waals surface area contributed by atoms with E-state index in [1.807, 2.05) is 0 Å². The van der Waals surface area contributed by atoms with Gasteiger partial charge in [-0.25, -0.2) is 9.59 Å². The van der Waals surface area contributed by atoms with E-state index < -0.39 is 203 Å². The van der Waals surface area contributed by atoms with Gasteiger partial charge in [-0.2, -0.15) is 0 Å². The molecule has 0 saturated carbocycles. The predicted molar refractivity (Wildman–Crippen MR) is 203 cm³/mol. The number of nitrogens with one attached hydrogen (secondary N) is 3. The monoisotopic (exact) mass is 965 g/mol. The minimum Gasteiger partial charge on any atom is -0.477 e. The molecule has 4 fully saturated rings. The van der Waals surface area contributed by atoms with Crippen LogP contribution in [0.5, 0.6) is 0 Å². The maximum Gasteiger partial charge on any atom is 0.364 e. The number of amides is 3. The third kappa shape index (κ3) is 12.0. The lowest BCUT2D eigenvalue weighted by molar-refractivity contribution is -0.382. The molecule has 66 heavy (non-hydrogen) atoms. The van der Waals surface area contributed by atoms with E-state index in [9.17, 15) is 101 Å². The fourth-order valence-electron chi connectivity index (χ4n) is 8.04. The Morgan fingerprint density at radius 1 is 0.621 bits per heavy atom. The van der Waals surface area contributed by atoms with Crippen molar-refractivity contribution in [1.29, 1.82) is 0 Å². The van der Waals surface area contributed by atoms with Crippen molar-refractivity contribution < 1.29 is 134 Å². The van der Waals surface area contributed by atoms with Crippen LogP contribution in [-0.2, 0) is 57.1 Å². The first-order valence-electron chi connectivity index (χ1n) is 20.3. The van der Waals surface area contributed by atoms with Crippen molar-refractivity contribution in [3.63, 3.8) is 0 Å². The molecule has 4 unspecified atom stereocenters. The lowest BCUT2D eigenvalue weighted by atomic mass is 9.88. The zero-order valence-corrected chi connectivity index (χ0v) is 35.4. The standard InChI is InChI=1S/C36H59N3O27/c1-10(43)37-19-13(46)4-35(33(56)57,64-28(19)22(50)15(48)6-40)60-9-18-25(53)27(21(31(55)61-18)39-12(3)45)63-32-26(54)30(24(52)17(8-42)62-32)66-36(34(58)59)5-14(47)20(38-11(2)44)29(65-36)23(51)16(49)7-41/h13-32,40-42,46-55H,4-9H2,1-3H3,(H,37,43)(H,38,44)(H,39,45)(H,56,57)(H,58,59)/t13-,14-,15+,16+,17+,18+,19+,20+,21+,22+,23+,24-,25-,26+,27+,28+,29+,30-,31?,32?,35?,36?/m0/s1. The Labute approximate surface area is 373 Å². The SMILES string of the molecule is CC(=O)N[C@H]1[C@H]([C@H](O)[C@H](O)CO)OC(OC[C@H]2OC(O)[C@H](NC(C)=O)[C@@H](OC3O[C@H](CO)[C@H](O)[C@H](OC4(C(=O)O)C[C@H](O)[C@@H](NC(C)=O)[C@H]([C@H](O)[C@H](O)CO)O4)[C@H]3O)[C@H]2O)(C(=O)O)C[C@@H]1O. The average Bonchev–Trinajstić information content (AvgIpc) is 3.24. The van der Waals surface area contributed by atoms with Crippen molar-refractivity contribution in [2.75, 3.05) is 26.4 Å². The van der Waals surface area contributed by atoms with Crippen molar-refractivity contribution in [2.45, 2.75) is 167 Å². The minimum absolute atomic E-state index is 0.790.